The number of benzene rings is 2. The molecule has 0 aliphatic heterocycles. The van der Waals surface area contributed by atoms with Gasteiger partial charge in [-0.15, -0.1) is 0 Å². The first kappa shape index (κ1) is 26.9. The number of nitrogens with zero attached hydrogens (tertiary/aromatic N) is 1. The molecule has 3 nitrogen and oxygen atoms in total. The van der Waals surface area contributed by atoms with Gasteiger partial charge in [0, 0.05) is 0 Å². The van der Waals surface area contributed by atoms with E-state index in [4.69, 9.17) is 3.50 Å². The summed E-state index contributed by atoms with van der Waals surface area (Å²) in [7, 11) is 0. The molecule has 0 spiro atoms. The van der Waals surface area contributed by atoms with Crippen molar-refractivity contribution in [3.05, 3.63) is 83.6 Å². The molecular weight excluding hydrogens is 514 g/mol. The molecule has 4 bridgehead atoms. The average molecular weight is 556 g/mol. The SMILES string of the molecule is CC(O)c1ccccc1C[CH-]C[CH-]Cc1ccccc1C(C)O.[Mo]=[N]C12CC3CC(CC(C3)C1)C2. The molecule has 4 heteroatoms. The summed E-state index contributed by atoms with van der Waals surface area (Å²) in [5, 5.41) is 19.6. The molecule has 4 aliphatic rings. The number of hydrogen-bond acceptors (Lipinski definition) is 3. The summed E-state index contributed by atoms with van der Waals surface area (Å²) < 4.78 is 4.69. The fraction of sp³-hybridized carbons (Fsp3) is 0.548. The Balaban J connectivity index is 0.000000198. The number of aliphatic hydroxyl groups excluding tert-OH is 2. The van der Waals surface area contributed by atoms with Gasteiger partial charge in [-0.2, -0.15) is 12.8 Å². The molecule has 35 heavy (non-hydrogen) atoms. The van der Waals surface area contributed by atoms with Crippen LogP contribution in [0.2, 0.25) is 0 Å². The van der Waals surface area contributed by atoms with Crippen molar-refractivity contribution in [1.29, 1.82) is 0 Å². The fourth-order valence-electron chi connectivity index (χ4n) is 7.03. The van der Waals surface area contributed by atoms with Crippen LogP contribution in [0, 0.1) is 30.6 Å². The molecule has 0 heterocycles. The van der Waals surface area contributed by atoms with Crippen molar-refractivity contribution in [2.75, 3.05) is 0 Å². The molecule has 6 rings (SSSR count). The van der Waals surface area contributed by atoms with Crippen molar-refractivity contribution in [2.45, 2.75) is 89.4 Å². The van der Waals surface area contributed by atoms with E-state index >= 15 is 0 Å². The number of rotatable bonds is 9. The predicted octanol–water partition coefficient (Wildman–Crippen LogP) is 7.06. The van der Waals surface area contributed by atoms with Crippen LogP contribution in [0.3, 0.4) is 0 Å². The average Bonchev–Trinajstić information content (AvgIpc) is 2.84. The van der Waals surface area contributed by atoms with Gasteiger partial charge in [0.1, 0.15) is 0 Å². The van der Waals surface area contributed by atoms with Crippen molar-refractivity contribution in [2.24, 2.45) is 21.2 Å². The minimum atomic E-state index is -0.429. The Labute approximate surface area is 223 Å². The van der Waals surface area contributed by atoms with Crippen molar-refractivity contribution >= 4 is 0 Å². The molecule has 2 atom stereocenters. The number of aliphatic hydroxyl groups is 2. The van der Waals surface area contributed by atoms with E-state index < -0.39 is 12.2 Å². The quantitative estimate of drug-likeness (QED) is 0.198. The Bertz CT molecular complexity index is 881. The van der Waals surface area contributed by atoms with Gasteiger partial charge in [0.15, 0.2) is 0 Å². The molecule has 2 aromatic rings. The van der Waals surface area contributed by atoms with Crippen LogP contribution in [-0.4, -0.2) is 15.8 Å². The third-order valence-electron chi connectivity index (χ3n) is 8.27. The van der Waals surface area contributed by atoms with Crippen molar-refractivity contribution in [1.82, 2.24) is 0 Å². The summed E-state index contributed by atoms with van der Waals surface area (Å²) in [6, 6.07) is 16.1. The molecule has 0 saturated heterocycles. The summed E-state index contributed by atoms with van der Waals surface area (Å²) in [6.45, 7) is 3.61. The molecule has 2 aromatic carbocycles. The minimum absolute atomic E-state index is 0.429. The zero-order valence-electron chi connectivity index (χ0n) is 21.3. The van der Waals surface area contributed by atoms with Gasteiger partial charge in [0.25, 0.3) is 0 Å². The van der Waals surface area contributed by atoms with Gasteiger partial charge in [0.05, 0.1) is 12.2 Å². The Morgan fingerprint density at radius 1 is 0.800 bits per heavy atom. The topological polar surface area (TPSA) is 52.8 Å². The summed E-state index contributed by atoms with van der Waals surface area (Å²) in [4.78, 5) is 0. The second kappa shape index (κ2) is 12.4. The van der Waals surface area contributed by atoms with E-state index in [-0.39, 0.29) is 0 Å². The third-order valence-corrected chi connectivity index (χ3v) is 9.22. The maximum absolute atomic E-state index is 9.79. The van der Waals surface area contributed by atoms with Gasteiger partial charge in [-0.05, 0) is 25.0 Å². The number of unbranched alkanes of at least 4 members (excludes halogenated alkanes) is 2. The normalized spacial score (nSPS) is 28.2. The van der Waals surface area contributed by atoms with Gasteiger partial charge in [-0.25, -0.2) is 0 Å². The summed E-state index contributed by atoms with van der Waals surface area (Å²) in [6.07, 6.45) is 15.1. The van der Waals surface area contributed by atoms with E-state index in [1.807, 2.05) is 56.0 Å². The molecule has 0 radical (unpaired) electrons. The van der Waals surface area contributed by atoms with Gasteiger partial charge < -0.3 is 29.5 Å². The van der Waals surface area contributed by atoms with E-state index in [0.29, 0.717) is 5.54 Å². The van der Waals surface area contributed by atoms with E-state index in [2.05, 4.69) is 25.0 Å². The molecule has 0 aromatic heterocycles. The molecule has 2 unspecified atom stereocenters. The second-order valence-corrected chi connectivity index (χ2v) is 11.7. The van der Waals surface area contributed by atoms with E-state index in [1.165, 1.54) is 49.7 Å². The summed E-state index contributed by atoms with van der Waals surface area (Å²) >= 11 is 1.98. The standard InChI is InChI=1S/C21H26O2.C10H15N.Mo/c1-16(22)20-14-8-6-12-18(20)10-4-3-5-11-19-13-7-9-15-21(19)17(2)23;11-10-4-7-1-8(5-10)3-9(2-7)6-10;/h4-9,12-17,22-23H,3,10-11H2,1-2H3;7-9H,1-6H2;/q-2;;. The monoisotopic (exact) mass is 557 g/mol. The Hall–Kier alpha value is -1.15. The van der Waals surface area contributed by atoms with Crippen LogP contribution in [0.1, 0.15) is 93.3 Å². The van der Waals surface area contributed by atoms with Crippen molar-refractivity contribution in [3.63, 3.8) is 0 Å². The molecule has 4 saturated carbocycles. The molecule has 4 fully saturated rings. The second-order valence-electron chi connectivity index (χ2n) is 11.2. The van der Waals surface area contributed by atoms with Crippen LogP contribution in [0.25, 0.3) is 0 Å². The Morgan fingerprint density at radius 2 is 1.20 bits per heavy atom. The third kappa shape index (κ3) is 7.00. The predicted molar refractivity (Wildman–Crippen MR) is 138 cm³/mol. The molecular formula is C31H41MoNO2-2. The molecule has 2 N–H and O–H groups in total. The summed E-state index contributed by atoms with van der Waals surface area (Å²) in [5.74, 6) is 3.17. The van der Waals surface area contributed by atoms with Crippen LogP contribution in [0.4, 0.5) is 0 Å². The van der Waals surface area contributed by atoms with Crippen molar-refractivity contribution in [3.8, 4) is 0 Å². The van der Waals surface area contributed by atoms with Crippen LogP contribution >= 0.6 is 0 Å². The van der Waals surface area contributed by atoms with E-state index in [0.717, 1.165) is 48.1 Å². The first-order chi connectivity index (χ1) is 16.9. The first-order valence-electron chi connectivity index (χ1n) is 13.4. The van der Waals surface area contributed by atoms with Crippen LogP contribution in [-0.2, 0) is 32.5 Å². The zero-order chi connectivity index (χ0) is 24.8. The van der Waals surface area contributed by atoms with Gasteiger partial charge in [0.2, 0.25) is 0 Å². The van der Waals surface area contributed by atoms with E-state index in [9.17, 15) is 10.2 Å². The van der Waals surface area contributed by atoms with Crippen LogP contribution in [0.15, 0.2) is 52.0 Å². The van der Waals surface area contributed by atoms with Crippen LogP contribution < -0.4 is 0 Å². The van der Waals surface area contributed by atoms with Gasteiger partial charge in [-0.3, -0.25) is 0 Å². The van der Waals surface area contributed by atoms with Gasteiger partial charge >= 0.3 is 84.9 Å². The van der Waals surface area contributed by atoms with Gasteiger partial charge in [-0.1, -0.05) is 59.7 Å². The first-order valence-corrected chi connectivity index (χ1v) is 14.3. The van der Waals surface area contributed by atoms with Crippen molar-refractivity contribution < 1.29 is 29.8 Å². The maximum atomic E-state index is 9.79. The zero-order valence-corrected chi connectivity index (χ0v) is 23.3. The molecule has 0 amide bonds. The fourth-order valence-corrected chi connectivity index (χ4v) is 7.58. The summed E-state index contributed by atoms with van der Waals surface area (Å²) in [5.41, 5.74) is 4.84. The Kier molecular flexibility index (Phi) is 9.53. The Morgan fingerprint density at radius 3 is 1.57 bits per heavy atom. The molecule has 190 valence electrons. The van der Waals surface area contributed by atoms with E-state index in [1.54, 1.807) is 13.8 Å². The van der Waals surface area contributed by atoms with Crippen LogP contribution in [0.5, 0.6) is 0 Å². The number of hydrogen-bond donors (Lipinski definition) is 2. The molecule has 4 aliphatic carbocycles.